The smallest absolute Gasteiger partial charge is 0.0844 e. The van der Waals surface area contributed by atoms with Gasteiger partial charge in [-0.05, 0) is 17.5 Å². The third-order valence-corrected chi connectivity index (χ3v) is 3.10. The van der Waals surface area contributed by atoms with Crippen molar-refractivity contribution in [3.05, 3.63) is 35.4 Å². The Labute approximate surface area is 84.5 Å². The molecule has 0 amide bonds. The summed E-state index contributed by atoms with van der Waals surface area (Å²) in [5, 5.41) is 0. The van der Waals surface area contributed by atoms with Crippen molar-refractivity contribution in [2.45, 2.75) is 18.1 Å². The number of ether oxygens (including phenoxy) is 1. The van der Waals surface area contributed by atoms with Crippen LogP contribution >= 0.6 is 12.6 Å². The van der Waals surface area contributed by atoms with E-state index in [1.807, 2.05) is 0 Å². The molecular weight excluding hydrogens is 180 g/mol. The molecule has 0 N–H and O–H groups in total. The SMILES string of the molecule is CCc1ccc(C2(S)COC2)cc1. The second kappa shape index (κ2) is 3.35. The van der Waals surface area contributed by atoms with E-state index in [-0.39, 0.29) is 4.75 Å². The molecule has 1 heterocycles. The Kier molecular flexibility index (Phi) is 2.35. The lowest BCUT2D eigenvalue weighted by atomic mass is 9.95. The molecule has 0 saturated carbocycles. The van der Waals surface area contributed by atoms with Gasteiger partial charge in [0.15, 0.2) is 0 Å². The van der Waals surface area contributed by atoms with E-state index in [4.69, 9.17) is 4.74 Å². The molecular formula is C11H14OS. The summed E-state index contributed by atoms with van der Waals surface area (Å²) in [6.45, 7) is 3.64. The molecule has 0 aromatic heterocycles. The molecule has 0 bridgehead atoms. The van der Waals surface area contributed by atoms with Gasteiger partial charge < -0.3 is 4.74 Å². The van der Waals surface area contributed by atoms with Gasteiger partial charge in [-0.15, -0.1) is 0 Å². The zero-order valence-corrected chi connectivity index (χ0v) is 8.68. The van der Waals surface area contributed by atoms with Crippen molar-refractivity contribution in [3.63, 3.8) is 0 Å². The first-order valence-corrected chi connectivity index (χ1v) is 5.09. The molecule has 1 aliphatic heterocycles. The first kappa shape index (κ1) is 9.10. The molecule has 2 heteroatoms. The molecule has 0 spiro atoms. The predicted octanol–water partition coefficient (Wildman–Crippen LogP) is 2.40. The van der Waals surface area contributed by atoms with Crippen LogP contribution in [0.15, 0.2) is 24.3 Å². The van der Waals surface area contributed by atoms with Gasteiger partial charge in [0.2, 0.25) is 0 Å². The summed E-state index contributed by atoms with van der Waals surface area (Å²) in [6, 6.07) is 8.67. The molecule has 0 radical (unpaired) electrons. The van der Waals surface area contributed by atoms with Gasteiger partial charge >= 0.3 is 0 Å². The third kappa shape index (κ3) is 1.61. The van der Waals surface area contributed by atoms with Crippen LogP contribution in [0.4, 0.5) is 0 Å². The lowest BCUT2D eigenvalue weighted by Crippen LogP contribution is -2.41. The van der Waals surface area contributed by atoms with Crippen LogP contribution in [-0.4, -0.2) is 13.2 Å². The highest BCUT2D eigenvalue weighted by Crippen LogP contribution is 2.35. The Bertz CT molecular complexity index is 287. The lowest BCUT2D eigenvalue weighted by Gasteiger charge is -2.37. The molecule has 1 nitrogen and oxygen atoms in total. The predicted molar refractivity (Wildman–Crippen MR) is 57.3 cm³/mol. The third-order valence-electron chi connectivity index (χ3n) is 2.58. The Morgan fingerprint density at radius 2 is 1.92 bits per heavy atom. The van der Waals surface area contributed by atoms with Crippen molar-refractivity contribution in [2.75, 3.05) is 13.2 Å². The number of hydrogen-bond acceptors (Lipinski definition) is 2. The van der Waals surface area contributed by atoms with Gasteiger partial charge in [0.25, 0.3) is 0 Å². The highest BCUT2D eigenvalue weighted by molar-refractivity contribution is 7.81. The van der Waals surface area contributed by atoms with Crippen LogP contribution in [0.2, 0.25) is 0 Å². The summed E-state index contributed by atoms with van der Waals surface area (Å²) in [4.78, 5) is 0. The van der Waals surface area contributed by atoms with E-state index in [9.17, 15) is 0 Å². The number of benzene rings is 1. The second-order valence-electron chi connectivity index (χ2n) is 3.57. The Morgan fingerprint density at radius 1 is 1.31 bits per heavy atom. The van der Waals surface area contributed by atoms with Crippen LogP contribution in [0.5, 0.6) is 0 Å². The Morgan fingerprint density at radius 3 is 2.31 bits per heavy atom. The molecule has 13 heavy (non-hydrogen) atoms. The van der Waals surface area contributed by atoms with E-state index in [2.05, 4.69) is 43.8 Å². The van der Waals surface area contributed by atoms with Crippen LogP contribution in [0.1, 0.15) is 18.1 Å². The van der Waals surface area contributed by atoms with Crippen molar-refractivity contribution in [1.29, 1.82) is 0 Å². The minimum Gasteiger partial charge on any atom is -0.378 e. The molecule has 0 aliphatic carbocycles. The van der Waals surface area contributed by atoms with Gasteiger partial charge in [-0.2, -0.15) is 12.6 Å². The molecule has 1 fully saturated rings. The lowest BCUT2D eigenvalue weighted by molar-refractivity contribution is -0.00969. The first-order valence-electron chi connectivity index (χ1n) is 4.64. The molecule has 1 saturated heterocycles. The fourth-order valence-electron chi connectivity index (χ4n) is 1.51. The van der Waals surface area contributed by atoms with Gasteiger partial charge in [0.05, 0.1) is 18.0 Å². The maximum absolute atomic E-state index is 5.17. The topological polar surface area (TPSA) is 9.23 Å². The molecule has 1 aromatic carbocycles. The zero-order valence-electron chi connectivity index (χ0n) is 7.79. The number of thiol groups is 1. The summed E-state index contributed by atoms with van der Waals surface area (Å²) in [5.41, 5.74) is 2.65. The first-order chi connectivity index (χ1) is 6.24. The average molecular weight is 194 g/mol. The van der Waals surface area contributed by atoms with Crippen molar-refractivity contribution in [3.8, 4) is 0 Å². The zero-order chi connectivity index (χ0) is 9.31. The summed E-state index contributed by atoms with van der Waals surface area (Å²) >= 11 is 4.60. The molecule has 0 unspecified atom stereocenters. The average Bonchev–Trinajstić information content (AvgIpc) is 2.14. The normalized spacial score (nSPS) is 19.5. The molecule has 70 valence electrons. The maximum atomic E-state index is 5.17. The highest BCUT2D eigenvalue weighted by Gasteiger charge is 2.36. The van der Waals surface area contributed by atoms with E-state index < -0.39 is 0 Å². The standard InChI is InChI=1S/C11H14OS/c1-2-9-3-5-10(6-4-9)11(13)7-12-8-11/h3-6,13H,2,7-8H2,1H3. The van der Waals surface area contributed by atoms with Crippen molar-refractivity contribution >= 4 is 12.6 Å². The van der Waals surface area contributed by atoms with Crippen molar-refractivity contribution < 1.29 is 4.74 Å². The van der Waals surface area contributed by atoms with Gasteiger partial charge in [0.1, 0.15) is 0 Å². The van der Waals surface area contributed by atoms with Crippen LogP contribution < -0.4 is 0 Å². The highest BCUT2D eigenvalue weighted by atomic mass is 32.1. The van der Waals surface area contributed by atoms with Gasteiger partial charge in [-0.1, -0.05) is 31.2 Å². The van der Waals surface area contributed by atoms with Gasteiger partial charge in [-0.25, -0.2) is 0 Å². The molecule has 1 aliphatic rings. The maximum Gasteiger partial charge on any atom is 0.0844 e. The summed E-state index contributed by atoms with van der Waals surface area (Å²) in [6.07, 6.45) is 1.09. The number of aryl methyl sites for hydroxylation is 1. The van der Waals surface area contributed by atoms with E-state index in [1.165, 1.54) is 11.1 Å². The molecule has 2 rings (SSSR count). The molecule has 0 atom stereocenters. The van der Waals surface area contributed by atoms with Crippen LogP contribution in [0, 0.1) is 0 Å². The summed E-state index contributed by atoms with van der Waals surface area (Å²) in [5.74, 6) is 0. The van der Waals surface area contributed by atoms with Gasteiger partial charge in [0, 0.05) is 0 Å². The monoisotopic (exact) mass is 194 g/mol. The van der Waals surface area contributed by atoms with Crippen LogP contribution in [0.3, 0.4) is 0 Å². The molecule has 1 aromatic rings. The Hall–Kier alpha value is -0.470. The number of rotatable bonds is 2. The van der Waals surface area contributed by atoms with Crippen LogP contribution in [-0.2, 0) is 15.9 Å². The fraction of sp³-hybridized carbons (Fsp3) is 0.455. The minimum absolute atomic E-state index is 0.0216. The van der Waals surface area contributed by atoms with E-state index in [0.29, 0.717) is 0 Å². The van der Waals surface area contributed by atoms with E-state index >= 15 is 0 Å². The largest absolute Gasteiger partial charge is 0.378 e. The second-order valence-corrected chi connectivity index (χ2v) is 4.43. The van der Waals surface area contributed by atoms with E-state index in [0.717, 1.165) is 19.6 Å². The number of hydrogen-bond donors (Lipinski definition) is 1. The minimum atomic E-state index is -0.0216. The van der Waals surface area contributed by atoms with Crippen molar-refractivity contribution in [1.82, 2.24) is 0 Å². The quantitative estimate of drug-likeness (QED) is 0.711. The Balaban J connectivity index is 2.22. The van der Waals surface area contributed by atoms with E-state index in [1.54, 1.807) is 0 Å². The van der Waals surface area contributed by atoms with Gasteiger partial charge in [-0.3, -0.25) is 0 Å². The van der Waals surface area contributed by atoms with Crippen molar-refractivity contribution in [2.24, 2.45) is 0 Å². The summed E-state index contributed by atoms with van der Waals surface area (Å²) in [7, 11) is 0. The summed E-state index contributed by atoms with van der Waals surface area (Å²) < 4.78 is 5.15. The fourth-order valence-corrected chi connectivity index (χ4v) is 1.84. The van der Waals surface area contributed by atoms with Crippen LogP contribution in [0.25, 0.3) is 0 Å².